The van der Waals surface area contributed by atoms with Crippen LogP contribution in [-0.4, -0.2) is 18.2 Å². The summed E-state index contributed by atoms with van der Waals surface area (Å²) in [6, 6.07) is 0. The fourth-order valence-corrected chi connectivity index (χ4v) is 2.56. The van der Waals surface area contributed by atoms with E-state index in [1.165, 1.54) is 6.92 Å². The fourth-order valence-electron chi connectivity index (χ4n) is 2.56. The van der Waals surface area contributed by atoms with Gasteiger partial charge in [-0.3, -0.25) is 4.79 Å². The lowest BCUT2D eigenvalue weighted by Gasteiger charge is -2.14. The lowest BCUT2D eigenvalue weighted by molar-refractivity contribution is -0.148. The van der Waals surface area contributed by atoms with Gasteiger partial charge in [0.05, 0.1) is 5.92 Å². The molecule has 1 fully saturated rings. The number of alkyl halides is 3. The van der Waals surface area contributed by atoms with E-state index < -0.39 is 18.2 Å². The minimum atomic E-state index is -4.48. The number of halogens is 3. The van der Waals surface area contributed by atoms with Gasteiger partial charge in [-0.15, -0.1) is 6.42 Å². The van der Waals surface area contributed by atoms with E-state index in [9.17, 15) is 18.0 Å². The molecule has 0 spiro atoms. The van der Waals surface area contributed by atoms with Gasteiger partial charge in [0.2, 0.25) is 0 Å². The quantitative estimate of drug-likeness (QED) is 0.449. The minimum Gasteiger partial charge on any atom is -0.444 e. The van der Waals surface area contributed by atoms with E-state index >= 15 is 0 Å². The second kappa shape index (κ2) is 4.83. The van der Waals surface area contributed by atoms with Crippen LogP contribution in [0.3, 0.4) is 0 Å². The van der Waals surface area contributed by atoms with Crippen LogP contribution in [-0.2, 0) is 9.53 Å². The van der Waals surface area contributed by atoms with Crippen LogP contribution in [0, 0.1) is 29.1 Å². The number of esters is 1. The molecule has 0 aromatic carbocycles. The van der Waals surface area contributed by atoms with Crippen molar-refractivity contribution in [3.63, 3.8) is 0 Å². The number of hydrogen-bond acceptors (Lipinski definition) is 2. The molecular formula is C15H19F3O2. The second-order valence-electron chi connectivity index (χ2n) is 6.29. The maximum atomic E-state index is 12.3. The zero-order valence-electron chi connectivity index (χ0n) is 12.3. The van der Waals surface area contributed by atoms with Crippen LogP contribution in [0.15, 0.2) is 11.6 Å². The third kappa shape index (κ3) is 3.00. The molecule has 0 aromatic heterocycles. The molecule has 1 atom stereocenters. The standard InChI is InChI=1S/C15H19F3O2/c1-7-10(9(2)8-15(16,17)18)20-12(19)11-13(3,4)14(11,5)6/h1,8,10-11H,2-6H3. The van der Waals surface area contributed by atoms with Gasteiger partial charge in [-0.25, -0.2) is 0 Å². The van der Waals surface area contributed by atoms with Crippen LogP contribution < -0.4 is 0 Å². The van der Waals surface area contributed by atoms with Gasteiger partial charge in [-0.1, -0.05) is 33.6 Å². The van der Waals surface area contributed by atoms with E-state index in [1.807, 2.05) is 27.7 Å². The predicted octanol–water partition coefficient (Wildman–Crippen LogP) is 3.72. The molecule has 1 rings (SSSR count). The molecule has 0 aliphatic heterocycles. The zero-order chi connectivity index (χ0) is 15.9. The summed E-state index contributed by atoms with van der Waals surface area (Å²) in [4.78, 5) is 12.0. The largest absolute Gasteiger partial charge is 0.444 e. The summed E-state index contributed by atoms with van der Waals surface area (Å²) in [6.07, 6.45) is -0.539. The van der Waals surface area contributed by atoms with Gasteiger partial charge in [0.25, 0.3) is 0 Å². The summed E-state index contributed by atoms with van der Waals surface area (Å²) in [7, 11) is 0. The Morgan fingerprint density at radius 2 is 1.75 bits per heavy atom. The molecule has 1 unspecified atom stereocenters. The molecule has 0 N–H and O–H groups in total. The fraction of sp³-hybridized carbons (Fsp3) is 0.667. The van der Waals surface area contributed by atoms with Crippen LogP contribution in [0.2, 0.25) is 0 Å². The average molecular weight is 288 g/mol. The predicted molar refractivity (Wildman–Crippen MR) is 69.6 cm³/mol. The first-order chi connectivity index (χ1) is 8.84. The number of hydrogen-bond donors (Lipinski definition) is 0. The molecule has 112 valence electrons. The Bertz CT molecular complexity index is 464. The Balaban J connectivity index is 2.80. The summed E-state index contributed by atoms with van der Waals surface area (Å²) in [5.41, 5.74) is -0.694. The van der Waals surface area contributed by atoms with Gasteiger partial charge < -0.3 is 4.74 Å². The second-order valence-corrected chi connectivity index (χ2v) is 6.29. The van der Waals surface area contributed by atoms with Crippen LogP contribution in [0.25, 0.3) is 0 Å². The van der Waals surface area contributed by atoms with Crippen molar-refractivity contribution in [2.75, 3.05) is 0 Å². The molecule has 1 saturated carbocycles. The van der Waals surface area contributed by atoms with Crippen molar-refractivity contribution < 1.29 is 22.7 Å². The van der Waals surface area contributed by atoms with Crippen LogP contribution in [0.1, 0.15) is 34.6 Å². The van der Waals surface area contributed by atoms with Gasteiger partial charge in [0.1, 0.15) is 0 Å². The molecule has 0 aromatic rings. The monoisotopic (exact) mass is 288 g/mol. The number of carbonyl (C=O) groups excluding carboxylic acids is 1. The summed E-state index contributed by atoms with van der Waals surface area (Å²) in [6.45, 7) is 8.88. The maximum absolute atomic E-state index is 12.3. The molecule has 0 radical (unpaired) electrons. The highest BCUT2D eigenvalue weighted by molar-refractivity contribution is 5.79. The van der Waals surface area contributed by atoms with Crippen molar-refractivity contribution in [3.8, 4) is 12.3 Å². The van der Waals surface area contributed by atoms with Crippen molar-refractivity contribution in [3.05, 3.63) is 11.6 Å². The normalized spacial score (nSPS) is 22.9. The SMILES string of the molecule is C#CC(OC(=O)C1C(C)(C)C1(C)C)C(C)=CC(F)(F)F. The lowest BCUT2D eigenvalue weighted by atomic mass is 10.0. The van der Waals surface area contributed by atoms with Crippen molar-refractivity contribution in [2.24, 2.45) is 16.7 Å². The van der Waals surface area contributed by atoms with Crippen molar-refractivity contribution in [2.45, 2.75) is 46.9 Å². The number of allylic oxidation sites excluding steroid dienone is 1. The summed E-state index contributed by atoms with van der Waals surface area (Å²) in [5, 5.41) is 0. The topological polar surface area (TPSA) is 26.3 Å². The van der Waals surface area contributed by atoms with E-state index in [1.54, 1.807) is 0 Å². The number of terminal acetylenes is 1. The summed E-state index contributed by atoms with van der Waals surface area (Å²) in [5.74, 6) is 1.18. The highest BCUT2D eigenvalue weighted by Gasteiger charge is 2.69. The Kier molecular flexibility index (Phi) is 4.02. The molecular weight excluding hydrogens is 269 g/mol. The Morgan fingerprint density at radius 3 is 2.05 bits per heavy atom. The van der Waals surface area contributed by atoms with E-state index in [2.05, 4.69) is 5.92 Å². The Hall–Kier alpha value is -1.44. The number of carbonyl (C=O) groups is 1. The smallest absolute Gasteiger partial charge is 0.409 e. The Morgan fingerprint density at radius 1 is 1.30 bits per heavy atom. The van der Waals surface area contributed by atoms with Crippen LogP contribution in [0.5, 0.6) is 0 Å². The zero-order valence-corrected chi connectivity index (χ0v) is 12.3. The van der Waals surface area contributed by atoms with E-state index in [4.69, 9.17) is 11.2 Å². The molecule has 1 aliphatic carbocycles. The molecule has 0 saturated heterocycles. The lowest BCUT2D eigenvalue weighted by Crippen LogP contribution is -2.22. The van der Waals surface area contributed by atoms with Gasteiger partial charge in [-0.2, -0.15) is 13.2 Å². The number of ether oxygens (including phenoxy) is 1. The molecule has 0 amide bonds. The van der Waals surface area contributed by atoms with Gasteiger partial charge in [0.15, 0.2) is 6.10 Å². The summed E-state index contributed by atoms with van der Waals surface area (Å²) < 4.78 is 41.9. The average Bonchev–Trinajstić information content (AvgIpc) is 2.63. The third-order valence-corrected chi connectivity index (χ3v) is 4.45. The Labute approximate surface area is 117 Å². The molecule has 1 aliphatic rings. The van der Waals surface area contributed by atoms with Gasteiger partial charge in [0, 0.05) is 6.08 Å². The highest BCUT2D eigenvalue weighted by atomic mass is 19.4. The molecule has 5 heteroatoms. The molecule has 2 nitrogen and oxygen atoms in total. The molecule has 20 heavy (non-hydrogen) atoms. The van der Waals surface area contributed by atoms with Gasteiger partial charge >= 0.3 is 12.1 Å². The first kappa shape index (κ1) is 16.6. The van der Waals surface area contributed by atoms with E-state index in [0.29, 0.717) is 0 Å². The highest BCUT2D eigenvalue weighted by Crippen LogP contribution is 2.68. The van der Waals surface area contributed by atoms with E-state index in [0.717, 1.165) is 0 Å². The minimum absolute atomic E-state index is 0.0635. The van der Waals surface area contributed by atoms with Crippen molar-refractivity contribution in [1.29, 1.82) is 0 Å². The van der Waals surface area contributed by atoms with Gasteiger partial charge in [-0.05, 0) is 23.3 Å². The van der Waals surface area contributed by atoms with Crippen molar-refractivity contribution >= 4 is 5.97 Å². The first-order valence-corrected chi connectivity index (χ1v) is 6.27. The van der Waals surface area contributed by atoms with E-state index in [-0.39, 0.29) is 28.4 Å². The first-order valence-electron chi connectivity index (χ1n) is 6.27. The maximum Gasteiger partial charge on any atom is 0.409 e. The molecule has 0 heterocycles. The summed E-state index contributed by atoms with van der Waals surface area (Å²) >= 11 is 0. The molecule has 0 bridgehead atoms. The van der Waals surface area contributed by atoms with Crippen LogP contribution in [0.4, 0.5) is 13.2 Å². The van der Waals surface area contributed by atoms with Crippen molar-refractivity contribution in [1.82, 2.24) is 0 Å². The third-order valence-electron chi connectivity index (χ3n) is 4.45. The van der Waals surface area contributed by atoms with Crippen LogP contribution >= 0.6 is 0 Å². The number of rotatable bonds is 3.